The van der Waals surface area contributed by atoms with Gasteiger partial charge in [0.2, 0.25) is 5.91 Å². The maximum absolute atomic E-state index is 13.0. The molecule has 1 aliphatic heterocycles. The van der Waals surface area contributed by atoms with Crippen molar-refractivity contribution in [2.24, 2.45) is 0 Å². The van der Waals surface area contributed by atoms with Crippen molar-refractivity contribution in [1.82, 2.24) is 5.32 Å². The number of hydrogen-bond donors (Lipinski definition) is 6. The van der Waals surface area contributed by atoms with E-state index in [4.69, 9.17) is 14.2 Å². The smallest absolute Gasteiger partial charge is 0.305 e. The molecule has 0 radical (unpaired) electrons. The van der Waals surface area contributed by atoms with E-state index in [1.54, 1.807) is 6.08 Å². The van der Waals surface area contributed by atoms with Crippen LogP contribution in [-0.2, 0) is 23.8 Å². The lowest BCUT2D eigenvalue weighted by Gasteiger charge is -2.40. The van der Waals surface area contributed by atoms with E-state index in [2.05, 4.69) is 67.8 Å². The highest BCUT2D eigenvalue weighted by atomic mass is 16.7. The fourth-order valence-electron chi connectivity index (χ4n) is 11.1. The molecule has 6 N–H and O–H groups in total. The quantitative estimate of drug-likeness (QED) is 0.0195. The number of aliphatic hydroxyl groups is 5. The van der Waals surface area contributed by atoms with Crippen LogP contribution in [0.1, 0.15) is 335 Å². The van der Waals surface area contributed by atoms with Gasteiger partial charge < -0.3 is 45.1 Å². The van der Waals surface area contributed by atoms with E-state index in [1.807, 2.05) is 6.08 Å². The van der Waals surface area contributed by atoms with Gasteiger partial charge >= 0.3 is 5.97 Å². The van der Waals surface area contributed by atoms with E-state index in [0.717, 1.165) is 64.2 Å². The molecular weight excluding hydrogens is 1060 g/mol. The lowest BCUT2D eigenvalue weighted by molar-refractivity contribution is -0.302. The van der Waals surface area contributed by atoms with Crippen LogP contribution in [0.5, 0.6) is 0 Å². The van der Waals surface area contributed by atoms with Gasteiger partial charge in [0.1, 0.15) is 24.4 Å². The van der Waals surface area contributed by atoms with Crippen LogP contribution in [0.2, 0.25) is 0 Å². The third-order valence-electron chi connectivity index (χ3n) is 16.8. The van der Waals surface area contributed by atoms with Gasteiger partial charge in [-0.1, -0.05) is 280 Å². The molecule has 496 valence electrons. The maximum atomic E-state index is 13.0. The first-order valence-corrected chi connectivity index (χ1v) is 36.1. The standard InChI is InChI=1S/C74H135NO10/c1-3-5-7-9-11-13-14-15-16-17-33-36-39-42-46-50-54-58-62-70(79)83-63-59-55-51-47-43-40-37-34-31-29-27-25-23-21-19-18-20-22-24-26-28-30-32-35-38-41-45-49-53-57-61-69(78)75-66(67(77)60-56-52-48-44-12-10-8-6-4-2)65-84-74-73(82)72(81)71(80)68(64-76)85-74/h12-14,16-17,19,21,44,56,60,66-68,71-74,76-77,80-82H,3-11,15,18,20,22-43,45-55,57-59,61-65H2,1-2H3,(H,75,78)/b14-13-,17-16-,21-19-,44-12+,60-56+. The molecule has 11 nitrogen and oxygen atoms in total. The molecule has 0 bridgehead atoms. The first-order chi connectivity index (χ1) is 41.7. The molecule has 0 aromatic heterocycles. The van der Waals surface area contributed by atoms with Crippen LogP contribution in [0.25, 0.3) is 0 Å². The molecule has 7 unspecified atom stereocenters. The molecule has 1 saturated heterocycles. The Morgan fingerprint density at radius 2 is 0.800 bits per heavy atom. The van der Waals surface area contributed by atoms with Gasteiger partial charge in [-0.05, 0) is 103 Å². The number of rotatable bonds is 63. The topological polar surface area (TPSA) is 175 Å². The number of aliphatic hydroxyl groups excluding tert-OH is 5. The number of carbonyl (C=O) groups excluding carboxylic acids is 2. The van der Waals surface area contributed by atoms with Crippen LogP contribution >= 0.6 is 0 Å². The summed E-state index contributed by atoms with van der Waals surface area (Å²) >= 11 is 0. The average molecular weight is 1200 g/mol. The molecular formula is C74H135NO10. The molecule has 1 aliphatic rings. The van der Waals surface area contributed by atoms with Crippen molar-refractivity contribution in [3.05, 3.63) is 60.8 Å². The highest BCUT2D eigenvalue weighted by molar-refractivity contribution is 5.76. The fourth-order valence-corrected chi connectivity index (χ4v) is 11.1. The molecule has 1 fully saturated rings. The van der Waals surface area contributed by atoms with Gasteiger partial charge in [-0.15, -0.1) is 0 Å². The second-order valence-corrected chi connectivity index (χ2v) is 24.9. The largest absolute Gasteiger partial charge is 0.466 e. The number of ether oxygens (including phenoxy) is 3. The second kappa shape index (κ2) is 62.9. The summed E-state index contributed by atoms with van der Waals surface area (Å²) in [7, 11) is 0. The summed E-state index contributed by atoms with van der Waals surface area (Å²) in [5.41, 5.74) is 0. The monoisotopic (exact) mass is 1200 g/mol. The molecule has 85 heavy (non-hydrogen) atoms. The maximum Gasteiger partial charge on any atom is 0.305 e. The van der Waals surface area contributed by atoms with Gasteiger partial charge in [0.15, 0.2) is 6.29 Å². The van der Waals surface area contributed by atoms with E-state index in [9.17, 15) is 35.1 Å². The summed E-state index contributed by atoms with van der Waals surface area (Å²) in [5, 5.41) is 54.2. The van der Waals surface area contributed by atoms with Crippen molar-refractivity contribution < 1.29 is 49.3 Å². The van der Waals surface area contributed by atoms with Crippen molar-refractivity contribution >= 4 is 11.9 Å². The lowest BCUT2D eigenvalue weighted by Crippen LogP contribution is -2.60. The highest BCUT2D eigenvalue weighted by Crippen LogP contribution is 2.23. The van der Waals surface area contributed by atoms with Gasteiger partial charge in [-0.3, -0.25) is 9.59 Å². The summed E-state index contributed by atoms with van der Waals surface area (Å²) in [6.07, 6.45) is 73.8. The summed E-state index contributed by atoms with van der Waals surface area (Å²) in [4.78, 5) is 25.1. The van der Waals surface area contributed by atoms with Crippen LogP contribution < -0.4 is 5.32 Å². The fraction of sp³-hybridized carbons (Fsp3) is 0.838. The summed E-state index contributed by atoms with van der Waals surface area (Å²) in [6, 6.07) is -0.826. The zero-order valence-corrected chi connectivity index (χ0v) is 55.1. The summed E-state index contributed by atoms with van der Waals surface area (Å²) in [6.45, 7) is 4.28. The molecule has 7 atom stereocenters. The third-order valence-corrected chi connectivity index (χ3v) is 16.8. The van der Waals surface area contributed by atoms with E-state index >= 15 is 0 Å². The predicted molar refractivity (Wildman–Crippen MR) is 357 cm³/mol. The third kappa shape index (κ3) is 51.9. The van der Waals surface area contributed by atoms with Gasteiger partial charge in [-0.2, -0.15) is 0 Å². The number of carbonyl (C=O) groups is 2. The molecule has 0 saturated carbocycles. The Kier molecular flexibility index (Phi) is 59.5. The molecule has 0 aromatic carbocycles. The molecule has 1 amide bonds. The Hall–Kier alpha value is -2.64. The second-order valence-electron chi connectivity index (χ2n) is 24.9. The molecule has 0 spiro atoms. The Morgan fingerprint density at radius 3 is 1.26 bits per heavy atom. The number of allylic oxidation sites excluding steroid dienone is 9. The van der Waals surface area contributed by atoms with E-state index in [0.29, 0.717) is 19.4 Å². The number of unbranched alkanes of at least 4 members (excludes halogenated alkanes) is 41. The van der Waals surface area contributed by atoms with Crippen LogP contribution in [0.15, 0.2) is 60.8 Å². The Balaban J connectivity index is 1.90. The minimum absolute atomic E-state index is 0.000994. The average Bonchev–Trinajstić information content (AvgIpc) is 3.15. The van der Waals surface area contributed by atoms with Gasteiger partial charge in [0.05, 0.1) is 32.0 Å². The van der Waals surface area contributed by atoms with Crippen molar-refractivity contribution in [1.29, 1.82) is 0 Å². The first-order valence-electron chi connectivity index (χ1n) is 36.1. The summed E-state index contributed by atoms with van der Waals surface area (Å²) < 4.78 is 16.7. The minimum Gasteiger partial charge on any atom is -0.466 e. The minimum atomic E-state index is -1.58. The Morgan fingerprint density at radius 1 is 0.435 bits per heavy atom. The number of esters is 1. The van der Waals surface area contributed by atoms with Crippen LogP contribution in [0.4, 0.5) is 0 Å². The molecule has 0 aromatic rings. The van der Waals surface area contributed by atoms with E-state index in [-0.39, 0.29) is 18.5 Å². The van der Waals surface area contributed by atoms with E-state index in [1.165, 1.54) is 244 Å². The van der Waals surface area contributed by atoms with Crippen LogP contribution in [0, 0.1) is 0 Å². The number of nitrogens with one attached hydrogen (secondary N) is 1. The zero-order chi connectivity index (χ0) is 61.6. The predicted octanol–water partition coefficient (Wildman–Crippen LogP) is 18.5. The van der Waals surface area contributed by atoms with Gasteiger partial charge in [0.25, 0.3) is 0 Å². The zero-order valence-electron chi connectivity index (χ0n) is 55.1. The molecule has 11 heteroatoms. The van der Waals surface area contributed by atoms with Crippen molar-refractivity contribution in [2.75, 3.05) is 19.8 Å². The van der Waals surface area contributed by atoms with Crippen molar-refractivity contribution in [3.63, 3.8) is 0 Å². The molecule has 1 rings (SSSR count). The van der Waals surface area contributed by atoms with Gasteiger partial charge in [0, 0.05) is 12.8 Å². The number of amides is 1. The summed E-state index contributed by atoms with van der Waals surface area (Å²) in [5.74, 6) is -0.192. The van der Waals surface area contributed by atoms with Crippen LogP contribution in [0.3, 0.4) is 0 Å². The molecule has 0 aliphatic carbocycles. The number of hydrogen-bond acceptors (Lipinski definition) is 10. The Labute approximate surface area is 522 Å². The normalized spacial score (nSPS) is 18.3. The highest BCUT2D eigenvalue weighted by Gasteiger charge is 2.44. The van der Waals surface area contributed by atoms with E-state index < -0.39 is 49.5 Å². The molecule has 1 heterocycles. The first kappa shape index (κ1) is 80.4. The van der Waals surface area contributed by atoms with Gasteiger partial charge in [-0.25, -0.2) is 0 Å². The van der Waals surface area contributed by atoms with Crippen LogP contribution in [-0.4, -0.2) is 100 Å². The Bertz CT molecular complexity index is 1600. The SMILES string of the molecule is CCCCC/C=C/CC/C=C/C(O)C(COC1OC(CO)C(O)C(O)C1O)NC(=O)CCCCCCCCCCCCCCCC/C=C\CCCCCCCCCCCCCCOC(=O)CCCCCCCCC/C=C\C/C=C\CCCCCC. The lowest BCUT2D eigenvalue weighted by atomic mass is 9.99. The van der Waals surface area contributed by atoms with Crippen molar-refractivity contribution in [3.8, 4) is 0 Å². The van der Waals surface area contributed by atoms with Crippen molar-refractivity contribution in [2.45, 2.75) is 378 Å².